The van der Waals surface area contributed by atoms with Crippen LogP contribution in [-0.2, 0) is 13.5 Å². The van der Waals surface area contributed by atoms with Gasteiger partial charge in [0.15, 0.2) is 0 Å². The van der Waals surface area contributed by atoms with Crippen molar-refractivity contribution in [2.75, 3.05) is 14.1 Å². The number of hydrazine groups is 1. The normalized spacial score (nSPS) is 28.0. The number of hydrogen-bond acceptors (Lipinski definition) is 4. The largest absolute Gasteiger partial charge is 0.302 e. The topological polar surface area (TPSA) is 59.1 Å². The molecule has 1 fully saturated rings. The summed E-state index contributed by atoms with van der Waals surface area (Å²) in [5, 5.41) is 4.25. The summed E-state index contributed by atoms with van der Waals surface area (Å²) in [5.41, 5.74) is 4.57. The van der Waals surface area contributed by atoms with Crippen LogP contribution in [0.3, 0.4) is 0 Å². The average molecular weight is 293 g/mol. The van der Waals surface area contributed by atoms with Crippen LogP contribution in [0.2, 0.25) is 0 Å². The zero-order valence-electron chi connectivity index (χ0n) is 14.0. The molecule has 0 saturated heterocycles. The maximum absolute atomic E-state index is 5.95. The predicted octanol–water partition coefficient (Wildman–Crippen LogP) is 1.70. The lowest BCUT2D eigenvalue weighted by molar-refractivity contribution is 0.0342. The van der Waals surface area contributed by atoms with Crippen LogP contribution >= 0.6 is 0 Å². The van der Waals surface area contributed by atoms with E-state index in [-0.39, 0.29) is 5.54 Å². The standard InChI is InChI=1S/C16H31N5/c1-13-6-5-10-16(12-13,20(2)3)15(19-17)8-7-14-9-11-18-21(14)4/h9,11,13,15,19H,5-8,10,12,17H2,1-4H3. The molecule has 21 heavy (non-hydrogen) atoms. The summed E-state index contributed by atoms with van der Waals surface area (Å²) in [7, 11) is 6.41. The molecule has 1 heterocycles. The first-order valence-corrected chi connectivity index (χ1v) is 8.10. The second kappa shape index (κ2) is 6.90. The first-order valence-electron chi connectivity index (χ1n) is 8.10. The molecule has 0 aliphatic heterocycles. The number of rotatable bonds is 6. The third-order valence-corrected chi connectivity index (χ3v) is 5.36. The van der Waals surface area contributed by atoms with Gasteiger partial charge in [0, 0.05) is 30.5 Å². The molecule has 0 bridgehead atoms. The van der Waals surface area contributed by atoms with Crippen LogP contribution in [-0.4, -0.2) is 40.4 Å². The van der Waals surface area contributed by atoms with E-state index in [9.17, 15) is 0 Å². The molecule has 1 aromatic heterocycles. The number of hydrogen-bond donors (Lipinski definition) is 2. The minimum Gasteiger partial charge on any atom is -0.302 e. The van der Waals surface area contributed by atoms with Gasteiger partial charge < -0.3 is 4.90 Å². The molecule has 5 heteroatoms. The van der Waals surface area contributed by atoms with Crippen LogP contribution in [0.15, 0.2) is 12.3 Å². The van der Waals surface area contributed by atoms with E-state index in [1.165, 1.54) is 31.4 Å². The molecule has 5 nitrogen and oxygen atoms in total. The van der Waals surface area contributed by atoms with Crippen LogP contribution in [0.25, 0.3) is 0 Å². The van der Waals surface area contributed by atoms with Crippen molar-refractivity contribution in [1.29, 1.82) is 0 Å². The lowest BCUT2D eigenvalue weighted by Gasteiger charge is -2.50. The van der Waals surface area contributed by atoms with Crippen molar-refractivity contribution in [2.24, 2.45) is 18.8 Å². The molecule has 0 amide bonds. The van der Waals surface area contributed by atoms with Gasteiger partial charge in [0.05, 0.1) is 0 Å². The highest BCUT2D eigenvalue weighted by Gasteiger charge is 2.43. The Morgan fingerprint density at radius 1 is 1.57 bits per heavy atom. The predicted molar refractivity (Wildman–Crippen MR) is 86.7 cm³/mol. The summed E-state index contributed by atoms with van der Waals surface area (Å²) in [5.74, 6) is 6.72. The van der Waals surface area contributed by atoms with Crippen LogP contribution in [0.1, 0.15) is 44.7 Å². The van der Waals surface area contributed by atoms with E-state index in [1.807, 2.05) is 17.9 Å². The minimum absolute atomic E-state index is 0.172. The van der Waals surface area contributed by atoms with E-state index >= 15 is 0 Å². The van der Waals surface area contributed by atoms with E-state index < -0.39 is 0 Å². The van der Waals surface area contributed by atoms with Crippen LogP contribution in [0, 0.1) is 5.92 Å². The van der Waals surface area contributed by atoms with E-state index in [0.717, 1.165) is 18.8 Å². The van der Waals surface area contributed by atoms with Gasteiger partial charge in [-0.2, -0.15) is 5.10 Å². The summed E-state index contributed by atoms with van der Waals surface area (Å²) in [6.45, 7) is 2.37. The molecule has 0 aromatic carbocycles. The lowest BCUT2D eigenvalue weighted by atomic mass is 9.70. The van der Waals surface area contributed by atoms with Crippen LogP contribution in [0.5, 0.6) is 0 Å². The number of nitrogens with two attached hydrogens (primary N) is 1. The first kappa shape index (κ1) is 16.5. The Bertz CT molecular complexity index is 442. The van der Waals surface area contributed by atoms with Crippen LogP contribution in [0.4, 0.5) is 0 Å². The van der Waals surface area contributed by atoms with Gasteiger partial charge >= 0.3 is 0 Å². The number of aryl methyl sites for hydroxylation is 2. The number of likely N-dealkylation sites (N-methyl/N-ethyl adjacent to an activating group) is 1. The Labute approximate surface area is 128 Å². The third kappa shape index (κ3) is 3.47. The highest BCUT2D eigenvalue weighted by atomic mass is 15.3. The summed E-state index contributed by atoms with van der Waals surface area (Å²) in [6, 6.07) is 2.41. The van der Waals surface area contributed by atoms with Gasteiger partial charge in [-0.05, 0) is 51.8 Å². The zero-order chi connectivity index (χ0) is 15.5. The second-order valence-electron chi connectivity index (χ2n) is 6.90. The highest BCUT2D eigenvalue weighted by molar-refractivity contribution is 5.05. The van der Waals surface area contributed by atoms with Crippen molar-refractivity contribution < 1.29 is 0 Å². The summed E-state index contributed by atoms with van der Waals surface area (Å²) >= 11 is 0. The monoisotopic (exact) mass is 293 g/mol. The first-order chi connectivity index (χ1) is 9.99. The van der Waals surface area contributed by atoms with Gasteiger partial charge in [-0.25, -0.2) is 0 Å². The van der Waals surface area contributed by atoms with Crippen LogP contribution < -0.4 is 11.3 Å². The molecule has 1 aromatic rings. The van der Waals surface area contributed by atoms with Gasteiger partial charge in [0.1, 0.15) is 0 Å². The molecule has 1 aliphatic carbocycles. The molecule has 120 valence electrons. The quantitative estimate of drug-likeness (QED) is 0.619. The van der Waals surface area contributed by atoms with Crippen molar-refractivity contribution in [3.8, 4) is 0 Å². The molecule has 3 atom stereocenters. The van der Waals surface area contributed by atoms with E-state index in [4.69, 9.17) is 5.84 Å². The van der Waals surface area contributed by atoms with E-state index in [1.54, 1.807) is 0 Å². The Morgan fingerprint density at radius 2 is 2.33 bits per heavy atom. The third-order valence-electron chi connectivity index (χ3n) is 5.36. The van der Waals surface area contributed by atoms with Gasteiger partial charge in [-0.1, -0.05) is 19.8 Å². The van der Waals surface area contributed by atoms with Crippen molar-refractivity contribution in [1.82, 2.24) is 20.1 Å². The van der Waals surface area contributed by atoms with Crippen molar-refractivity contribution in [3.05, 3.63) is 18.0 Å². The maximum Gasteiger partial charge on any atom is 0.0492 e. The molecule has 1 aliphatic rings. The number of nitrogens with zero attached hydrogens (tertiary/aromatic N) is 3. The van der Waals surface area contributed by atoms with E-state index in [0.29, 0.717) is 6.04 Å². The summed E-state index contributed by atoms with van der Waals surface area (Å²) in [6.07, 6.45) is 9.00. The Balaban J connectivity index is 2.10. The van der Waals surface area contributed by atoms with Gasteiger partial charge in [0.2, 0.25) is 0 Å². The van der Waals surface area contributed by atoms with Crippen molar-refractivity contribution in [2.45, 2.75) is 57.0 Å². The van der Waals surface area contributed by atoms with Gasteiger partial charge in [-0.15, -0.1) is 0 Å². The fourth-order valence-electron chi connectivity index (χ4n) is 4.04. The number of aromatic nitrogens is 2. The SMILES string of the molecule is CC1CCCC(C(CCc2ccnn2C)NN)(N(C)C)C1. The summed E-state index contributed by atoms with van der Waals surface area (Å²) in [4.78, 5) is 2.40. The molecule has 3 N–H and O–H groups in total. The molecule has 0 spiro atoms. The molecule has 1 saturated carbocycles. The van der Waals surface area contributed by atoms with Gasteiger partial charge in [0.25, 0.3) is 0 Å². The van der Waals surface area contributed by atoms with Gasteiger partial charge in [-0.3, -0.25) is 16.0 Å². The summed E-state index contributed by atoms with van der Waals surface area (Å²) < 4.78 is 1.96. The molecular formula is C16H31N5. The molecule has 0 radical (unpaired) electrons. The zero-order valence-corrected chi connectivity index (χ0v) is 14.0. The Hall–Kier alpha value is -0.910. The fraction of sp³-hybridized carbons (Fsp3) is 0.812. The van der Waals surface area contributed by atoms with E-state index in [2.05, 4.69) is 42.5 Å². The fourth-order valence-corrected chi connectivity index (χ4v) is 4.04. The highest BCUT2D eigenvalue weighted by Crippen LogP contribution is 2.39. The molecule has 3 unspecified atom stereocenters. The number of nitrogens with one attached hydrogen (secondary N) is 1. The molecule has 2 rings (SSSR count). The smallest absolute Gasteiger partial charge is 0.0492 e. The van der Waals surface area contributed by atoms with Crippen molar-refractivity contribution in [3.63, 3.8) is 0 Å². The lowest BCUT2D eigenvalue weighted by Crippen LogP contribution is -2.62. The molecular weight excluding hydrogens is 262 g/mol. The maximum atomic E-state index is 5.95. The second-order valence-corrected chi connectivity index (χ2v) is 6.90. The Kier molecular flexibility index (Phi) is 5.41. The van der Waals surface area contributed by atoms with Crippen molar-refractivity contribution >= 4 is 0 Å². The average Bonchev–Trinajstić information content (AvgIpc) is 2.85. The Morgan fingerprint density at radius 3 is 2.86 bits per heavy atom. The minimum atomic E-state index is 0.172.